The summed E-state index contributed by atoms with van der Waals surface area (Å²) in [6.07, 6.45) is 0.0906. The average Bonchev–Trinajstić information content (AvgIpc) is 1.94. The van der Waals surface area contributed by atoms with Gasteiger partial charge in [-0.2, -0.15) is 0 Å². The largest absolute Gasteiger partial charge is 0.302 e. The van der Waals surface area contributed by atoms with Crippen LogP contribution >= 0.6 is 22.6 Å². The van der Waals surface area contributed by atoms with Crippen LogP contribution in [0.2, 0.25) is 0 Å². The Morgan fingerprint density at radius 2 is 1.82 bits per heavy atom. The molecule has 0 radical (unpaired) electrons. The van der Waals surface area contributed by atoms with Crippen LogP contribution in [-0.2, 0) is 0 Å². The normalized spacial score (nSPS) is 25.4. The van der Waals surface area contributed by atoms with Crippen molar-refractivity contribution >= 4 is 22.6 Å². The van der Waals surface area contributed by atoms with E-state index in [0.717, 1.165) is 11.0 Å². The second-order valence-corrected chi connectivity index (χ2v) is 3.97. The van der Waals surface area contributed by atoms with Crippen LogP contribution in [0.1, 0.15) is 12.8 Å². The molecule has 1 aliphatic heterocycles. The van der Waals surface area contributed by atoms with Gasteiger partial charge < -0.3 is 4.90 Å². The van der Waals surface area contributed by atoms with Gasteiger partial charge in [0.25, 0.3) is 5.92 Å². The lowest BCUT2D eigenvalue weighted by atomic mass is 10.1. The van der Waals surface area contributed by atoms with E-state index in [1.807, 2.05) is 0 Å². The van der Waals surface area contributed by atoms with Crippen molar-refractivity contribution in [2.45, 2.75) is 18.8 Å². The molecule has 11 heavy (non-hydrogen) atoms. The van der Waals surface area contributed by atoms with Gasteiger partial charge in [-0.1, -0.05) is 22.6 Å². The lowest BCUT2D eigenvalue weighted by molar-refractivity contribution is -0.0538. The Morgan fingerprint density at radius 3 is 2.27 bits per heavy atom. The highest BCUT2D eigenvalue weighted by Crippen LogP contribution is 2.27. The standard InChI is InChI=1S/C7H12F2IN/c8-7(9)1-4-11(5-2-7)6-3-10/h1-6H2. The number of hydrogen-bond acceptors (Lipinski definition) is 1. The molecule has 4 heteroatoms. The number of hydrogen-bond donors (Lipinski definition) is 0. The third kappa shape index (κ3) is 3.19. The van der Waals surface area contributed by atoms with Crippen LogP contribution in [0.5, 0.6) is 0 Å². The second kappa shape index (κ2) is 3.98. The molecule has 1 rings (SSSR count). The van der Waals surface area contributed by atoms with Crippen molar-refractivity contribution in [2.75, 3.05) is 24.1 Å². The van der Waals surface area contributed by atoms with Crippen molar-refractivity contribution < 1.29 is 8.78 Å². The summed E-state index contributed by atoms with van der Waals surface area (Å²) >= 11 is 2.27. The molecule has 0 atom stereocenters. The van der Waals surface area contributed by atoms with Gasteiger partial charge in [0.15, 0.2) is 0 Å². The lowest BCUT2D eigenvalue weighted by Gasteiger charge is -2.31. The summed E-state index contributed by atoms with van der Waals surface area (Å²) in [6.45, 7) is 2.09. The van der Waals surface area contributed by atoms with Crippen molar-refractivity contribution in [3.8, 4) is 0 Å². The van der Waals surface area contributed by atoms with E-state index in [9.17, 15) is 8.78 Å². The van der Waals surface area contributed by atoms with Crippen molar-refractivity contribution in [2.24, 2.45) is 0 Å². The maximum atomic E-state index is 12.6. The van der Waals surface area contributed by atoms with E-state index in [1.165, 1.54) is 0 Å². The van der Waals surface area contributed by atoms with Crippen LogP contribution in [0.3, 0.4) is 0 Å². The molecular weight excluding hydrogens is 263 g/mol. The molecule has 0 aromatic carbocycles. The Hall–Kier alpha value is 0.550. The van der Waals surface area contributed by atoms with Crippen LogP contribution in [0, 0.1) is 0 Å². The van der Waals surface area contributed by atoms with E-state index in [1.54, 1.807) is 0 Å². The van der Waals surface area contributed by atoms with Gasteiger partial charge in [0.05, 0.1) is 0 Å². The van der Waals surface area contributed by atoms with Gasteiger partial charge in [0, 0.05) is 36.9 Å². The van der Waals surface area contributed by atoms with Gasteiger partial charge in [-0.05, 0) is 0 Å². The maximum Gasteiger partial charge on any atom is 0.250 e. The quantitative estimate of drug-likeness (QED) is 0.551. The molecule has 0 N–H and O–H groups in total. The number of piperidine rings is 1. The van der Waals surface area contributed by atoms with Crippen molar-refractivity contribution in [1.82, 2.24) is 4.90 Å². The van der Waals surface area contributed by atoms with Gasteiger partial charge in [0.1, 0.15) is 0 Å². The molecule has 1 aliphatic rings. The molecule has 0 saturated carbocycles. The second-order valence-electron chi connectivity index (χ2n) is 2.89. The van der Waals surface area contributed by atoms with Crippen LogP contribution in [0.25, 0.3) is 0 Å². The highest BCUT2D eigenvalue weighted by Gasteiger charge is 2.33. The minimum Gasteiger partial charge on any atom is -0.302 e. The molecule has 0 spiro atoms. The first kappa shape index (κ1) is 9.64. The number of halogens is 3. The van der Waals surface area contributed by atoms with E-state index >= 15 is 0 Å². The highest BCUT2D eigenvalue weighted by atomic mass is 127. The smallest absolute Gasteiger partial charge is 0.250 e. The van der Waals surface area contributed by atoms with Crippen molar-refractivity contribution in [3.05, 3.63) is 0 Å². The predicted octanol–water partition coefficient (Wildman–Crippen LogP) is 2.15. The van der Waals surface area contributed by atoms with E-state index in [-0.39, 0.29) is 12.8 Å². The Morgan fingerprint density at radius 1 is 1.27 bits per heavy atom. The number of alkyl halides is 3. The van der Waals surface area contributed by atoms with Gasteiger partial charge in [-0.15, -0.1) is 0 Å². The van der Waals surface area contributed by atoms with Crippen molar-refractivity contribution in [3.63, 3.8) is 0 Å². The summed E-state index contributed by atoms with van der Waals surface area (Å²) < 4.78 is 26.2. The lowest BCUT2D eigenvalue weighted by Crippen LogP contribution is -2.40. The summed E-state index contributed by atoms with van der Waals surface area (Å²) in [4.78, 5) is 2.10. The SMILES string of the molecule is FC1(F)CCN(CCI)CC1. The first-order valence-corrected chi connectivity index (χ1v) is 5.33. The Labute approximate surface area is 79.3 Å². The zero-order valence-electron chi connectivity index (χ0n) is 6.32. The van der Waals surface area contributed by atoms with Crippen LogP contribution in [-0.4, -0.2) is 34.9 Å². The van der Waals surface area contributed by atoms with Crippen LogP contribution in [0.4, 0.5) is 8.78 Å². The van der Waals surface area contributed by atoms with Crippen LogP contribution in [0.15, 0.2) is 0 Å². The molecule has 66 valence electrons. The Bertz CT molecular complexity index is 120. The molecule has 0 amide bonds. The molecule has 1 fully saturated rings. The van der Waals surface area contributed by atoms with E-state index < -0.39 is 5.92 Å². The molecule has 1 heterocycles. The minimum absolute atomic E-state index is 0.0453. The minimum atomic E-state index is -2.39. The molecule has 1 nitrogen and oxygen atoms in total. The number of likely N-dealkylation sites (tertiary alicyclic amines) is 1. The van der Waals surface area contributed by atoms with E-state index in [0.29, 0.717) is 13.1 Å². The molecule has 0 unspecified atom stereocenters. The summed E-state index contributed by atoms with van der Waals surface area (Å²) in [5.74, 6) is -2.39. The predicted molar refractivity (Wildman–Crippen MR) is 49.5 cm³/mol. The maximum absolute atomic E-state index is 12.6. The van der Waals surface area contributed by atoms with Crippen LogP contribution < -0.4 is 0 Å². The molecule has 0 aromatic heterocycles. The summed E-state index contributed by atoms with van der Waals surface area (Å²) in [5, 5.41) is 0. The van der Waals surface area contributed by atoms with Gasteiger partial charge in [-0.3, -0.25) is 0 Å². The Kier molecular flexibility index (Phi) is 3.49. The van der Waals surface area contributed by atoms with Crippen molar-refractivity contribution in [1.29, 1.82) is 0 Å². The average molecular weight is 275 g/mol. The first-order chi connectivity index (χ1) is 5.14. The fourth-order valence-electron chi connectivity index (χ4n) is 1.22. The summed E-state index contributed by atoms with van der Waals surface area (Å²) in [6, 6.07) is 0. The molecular formula is C7H12F2IN. The third-order valence-electron chi connectivity index (χ3n) is 1.99. The van der Waals surface area contributed by atoms with E-state index in [4.69, 9.17) is 0 Å². The summed E-state index contributed by atoms with van der Waals surface area (Å²) in [5.41, 5.74) is 0. The highest BCUT2D eigenvalue weighted by molar-refractivity contribution is 14.1. The zero-order valence-corrected chi connectivity index (χ0v) is 8.48. The molecule has 1 saturated heterocycles. The first-order valence-electron chi connectivity index (χ1n) is 3.80. The summed E-state index contributed by atoms with van der Waals surface area (Å²) in [7, 11) is 0. The molecule has 0 aliphatic carbocycles. The van der Waals surface area contributed by atoms with Gasteiger partial charge in [0.2, 0.25) is 0 Å². The van der Waals surface area contributed by atoms with Gasteiger partial charge >= 0.3 is 0 Å². The monoisotopic (exact) mass is 275 g/mol. The fourth-order valence-corrected chi connectivity index (χ4v) is 1.91. The topological polar surface area (TPSA) is 3.24 Å². The fraction of sp³-hybridized carbons (Fsp3) is 1.00. The van der Waals surface area contributed by atoms with E-state index in [2.05, 4.69) is 27.5 Å². The molecule has 0 aromatic rings. The molecule has 0 bridgehead atoms. The third-order valence-corrected chi connectivity index (χ3v) is 2.47. The number of nitrogens with zero attached hydrogens (tertiary/aromatic N) is 1. The Balaban J connectivity index is 2.25. The number of rotatable bonds is 2. The van der Waals surface area contributed by atoms with Gasteiger partial charge in [-0.25, -0.2) is 8.78 Å². The zero-order chi connectivity index (χ0) is 8.32.